The Morgan fingerprint density at radius 2 is 2.10 bits per heavy atom. The molecule has 0 amide bonds. The first-order valence-corrected chi connectivity index (χ1v) is 7.27. The monoisotopic (exact) mass is 389 g/mol. The van der Waals surface area contributed by atoms with Gasteiger partial charge in [-0.3, -0.25) is 0 Å². The van der Waals surface area contributed by atoms with E-state index >= 15 is 0 Å². The van der Waals surface area contributed by atoms with E-state index < -0.39 is 0 Å². The molecule has 0 radical (unpaired) electrons. The molecule has 3 rings (SSSR count). The predicted molar refractivity (Wildman–Crippen MR) is 88.7 cm³/mol. The molecule has 3 aromatic rings. The number of nitriles is 1. The molecule has 5 heteroatoms. The van der Waals surface area contributed by atoms with Crippen molar-refractivity contribution < 1.29 is 4.39 Å². The molecule has 2 aromatic carbocycles. The molecule has 1 aromatic heterocycles. The summed E-state index contributed by atoms with van der Waals surface area (Å²) in [5, 5.41) is 9.36. The summed E-state index contributed by atoms with van der Waals surface area (Å²) in [5.74, 6) is 0.107. The molecule has 1 heterocycles. The minimum atomic E-state index is -0.335. The number of aromatic amines is 1. The van der Waals surface area contributed by atoms with Gasteiger partial charge < -0.3 is 4.98 Å². The zero-order chi connectivity index (χ0) is 14.8. The van der Waals surface area contributed by atoms with Crippen LogP contribution in [0.2, 0.25) is 0 Å². The Labute approximate surface area is 134 Å². The second kappa shape index (κ2) is 5.66. The van der Waals surface area contributed by atoms with E-state index in [9.17, 15) is 9.65 Å². The highest BCUT2D eigenvalue weighted by Crippen LogP contribution is 2.22. The summed E-state index contributed by atoms with van der Waals surface area (Å²) < 4.78 is 14.2. The fourth-order valence-corrected chi connectivity index (χ4v) is 2.55. The van der Waals surface area contributed by atoms with Gasteiger partial charge in [-0.15, -0.1) is 0 Å². The van der Waals surface area contributed by atoms with Gasteiger partial charge in [-0.05, 0) is 58.5 Å². The first kappa shape index (κ1) is 13.8. The molecular weight excluding hydrogens is 380 g/mol. The van der Waals surface area contributed by atoms with Gasteiger partial charge >= 0.3 is 0 Å². The van der Waals surface area contributed by atoms with Crippen LogP contribution < -0.4 is 0 Å². The van der Waals surface area contributed by atoms with Crippen LogP contribution in [0.4, 0.5) is 4.39 Å². The summed E-state index contributed by atoms with van der Waals surface area (Å²) in [6.07, 6.45) is 1.77. The van der Waals surface area contributed by atoms with E-state index in [0.29, 0.717) is 22.4 Å². The third-order valence-electron chi connectivity index (χ3n) is 3.02. The normalized spacial score (nSPS) is 11.6. The minimum absolute atomic E-state index is 0.335. The highest BCUT2D eigenvalue weighted by atomic mass is 127. The number of H-pyrrole nitrogens is 1. The zero-order valence-corrected chi connectivity index (χ0v) is 12.9. The maximum absolute atomic E-state index is 13.2. The third kappa shape index (κ3) is 2.81. The second-order valence-corrected chi connectivity index (χ2v) is 5.60. The van der Waals surface area contributed by atoms with Crippen molar-refractivity contribution in [3.63, 3.8) is 0 Å². The average Bonchev–Trinajstić information content (AvgIpc) is 2.89. The Morgan fingerprint density at radius 1 is 1.29 bits per heavy atom. The SMILES string of the molecule is N#C/C(=C/c1ccccc1I)c1nc2ccc(F)cc2[nH]1. The van der Waals surface area contributed by atoms with Crippen LogP contribution in [0.25, 0.3) is 22.7 Å². The van der Waals surface area contributed by atoms with Crippen molar-refractivity contribution in [1.82, 2.24) is 9.97 Å². The van der Waals surface area contributed by atoms with E-state index in [2.05, 4.69) is 38.6 Å². The van der Waals surface area contributed by atoms with Gasteiger partial charge in [0.2, 0.25) is 0 Å². The highest BCUT2D eigenvalue weighted by Gasteiger charge is 2.09. The number of imidazole rings is 1. The van der Waals surface area contributed by atoms with Crippen molar-refractivity contribution in [3.8, 4) is 6.07 Å². The van der Waals surface area contributed by atoms with E-state index in [4.69, 9.17) is 0 Å². The third-order valence-corrected chi connectivity index (χ3v) is 4.01. The molecule has 0 saturated heterocycles. The van der Waals surface area contributed by atoms with Gasteiger partial charge in [0.1, 0.15) is 17.7 Å². The average molecular weight is 389 g/mol. The molecule has 0 spiro atoms. The number of nitrogens with one attached hydrogen (secondary N) is 1. The van der Waals surface area contributed by atoms with Crippen LogP contribution in [0.3, 0.4) is 0 Å². The Hall–Kier alpha value is -2.20. The summed E-state index contributed by atoms with van der Waals surface area (Å²) in [6, 6.07) is 14.2. The lowest BCUT2D eigenvalue weighted by atomic mass is 10.1. The van der Waals surface area contributed by atoms with E-state index in [1.54, 1.807) is 12.1 Å². The standard InChI is InChI=1S/C16H9FIN3/c17-12-5-6-14-15(8-12)21-16(20-14)11(9-19)7-10-3-1-2-4-13(10)18/h1-8H,(H,20,21)/b11-7-. The van der Waals surface area contributed by atoms with E-state index in [-0.39, 0.29) is 5.82 Å². The number of nitrogens with zero attached hydrogens (tertiary/aromatic N) is 2. The number of allylic oxidation sites excluding steroid dienone is 1. The van der Waals surface area contributed by atoms with Gasteiger partial charge in [-0.25, -0.2) is 9.37 Å². The van der Waals surface area contributed by atoms with Crippen LogP contribution in [-0.4, -0.2) is 9.97 Å². The number of rotatable bonds is 2. The minimum Gasteiger partial charge on any atom is -0.337 e. The van der Waals surface area contributed by atoms with Crippen molar-refractivity contribution in [2.45, 2.75) is 0 Å². The van der Waals surface area contributed by atoms with Gasteiger partial charge in [-0.2, -0.15) is 5.26 Å². The van der Waals surface area contributed by atoms with Crippen LogP contribution in [0.1, 0.15) is 11.4 Å². The Balaban J connectivity index is 2.10. The topological polar surface area (TPSA) is 52.5 Å². The van der Waals surface area contributed by atoms with Crippen LogP contribution in [0, 0.1) is 20.7 Å². The van der Waals surface area contributed by atoms with Gasteiger partial charge in [0.15, 0.2) is 0 Å². The number of benzene rings is 2. The zero-order valence-electron chi connectivity index (χ0n) is 10.8. The van der Waals surface area contributed by atoms with E-state index in [0.717, 1.165) is 9.13 Å². The molecule has 0 aliphatic heterocycles. The summed E-state index contributed by atoms with van der Waals surface area (Å²) in [5.41, 5.74) is 2.57. The lowest BCUT2D eigenvalue weighted by Gasteiger charge is -1.98. The molecule has 21 heavy (non-hydrogen) atoms. The molecule has 0 unspecified atom stereocenters. The molecular formula is C16H9FIN3. The molecule has 0 bridgehead atoms. The highest BCUT2D eigenvalue weighted by molar-refractivity contribution is 14.1. The summed E-state index contributed by atoms with van der Waals surface area (Å²) in [4.78, 5) is 7.32. The van der Waals surface area contributed by atoms with Crippen molar-refractivity contribution in [1.29, 1.82) is 5.26 Å². The summed E-state index contributed by atoms with van der Waals surface area (Å²) >= 11 is 2.21. The van der Waals surface area contributed by atoms with Gasteiger partial charge in [0.25, 0.3) is 0 Å². The van der Waals surface area contributed by atoms with Crippen LogP contribution in [0.15, 0.2) is 42.5 Å². The molecule has 0 aliphatic rings. The second-order valence-electron chi connectivity index (χ2n) is 4.44. The van der Waals surface area contributed by atoms with Crippen LogP contribution >= 0.6 is 22.6 Å². The molecule has 1 N–H and O–H groups in total. The quantitative estimate of drug-likeness (QED) is 0.523. The summed E-state index contributed by atoms with van der Waals surface area (Å²) in [6.45, 7) is 0. The molecule has 0 aliphatic carbocycles. The number of fused-ring (bicyclic) bond motifs is 1. The van der Waals surface area contributed by atoms with Crippen LogP contribution in [0.5, 0.6) is 0 Å². The lowest BCUT2D eigenvalue weighted by molar-refractivity contribution is 0.629. The van der Waals surface area contributed by atoms with Gasteiger partial charge in [0.05, 0.1) is 16.6 Å². The number of halogens is 2. The lowest BCUT2D eigenvalue weighted by Crippen LogP contribution is -1.86. The molecule has 0 saturated carbocycles. The van der Waals surface area contributed by atoms with E-state index in [1.165, 1.54) is 12.1 Å². The molecule has 0 atom stereocenters. The van der Waals surface area contributed by atoms with E-state index in [1.807, 2.05) is 24.3 Å². The van der Waals surface area contributed by atoms with Crippen molar-refractivity contribution >= 4 is 45.3 Å². The number of hydrogen-bond donors (Lipinski definition) is 1. The Bertz CT molecular complexity index is 890. The smallest absolute Gasteiger partial charge is 0.149 e. The van der Waals surface area contributed by atoms with Crippen molar-refractivity contribution in [3.05, 3.63) is 63.2 Å². The molecule has 0 fully saturated rings. The van der Waals surface area contributed by atoms with Gasteiger partial charge in [-0.1, -0.05) is 18.2 Å². The fraction of sp³-hybridized carbons (Fsp3) is 0. The number of hydrogen-bond acceptors (Lipinski definition) is 2. The Morgan fingerprint density at radius 3 is 2.86 bits per heavy atom. The molecule has 3 nitrogen and oxygen atoms in total. The molecule has 102 valence electrons. The van der Waals surface area contributed by atoms with Gasteiger partial charge in [0, 0.05) is 3.57 Å². The number of aromatic nitrogens is 2. The Kier molecular flexibility index (Phi) is 3.71. The van der Waals surface area contributed by atoms with Crippen LogP contribution in [-0.2, 0) is 0 Å². The van der Waals surface area contributed by atoms with Crippen molar-refractivity contribution in [2.24, 2.45) is 0 Å². The van der Waals surface area contributed by atoms with Crippen molar-refractivity contribution in [2.75, 3.05) is 0 Å². The predicted octanol–water partition coefficient (Wildman–Crippen LogP) is 4.37. The largest absolute Gasteiger partial charge is 0.337 e. The first-order chi connectivity index (χ1) is 10.2. The fourth-order valence-electron chi connectivity index (χ4n) is 2.01. The maximum atomic E-state index is 13.2. The maximum Gasteiger partial charge on any atom is 0.149 e. The first-order valence-electron chi connectivity index (χ1n) is 6.19. The summed E-state index contributed by atoms with van der Waals surface area (Å²) in [7, 11) is 0.